The molecule has 2 unspecified atom stereocenters. The maximum Gasteiger partial charge on any atom is 0.308 e. The van der Waals surface area contributed by atoms with Crippen LogP contribution in [0.1, 0.15) is 25.0 Å². The van der Waals surface area contributed by atoms with Gasteiger partial charge in [0.1, 0.15) is 15.5 Å². The zero-order valence-corrected chi connectivity index (χ0v) is 18.1. The summed E-state index contributed by atoms with van der Waals surface area (Å²) in [5.74, 6) is -1.60. The molecule has 2 aliphatic rings. The Morgan fingerprint density at radius 1 is 0.846 bits per heavy atom. The smallest absolute Gasteiger partial charge is 0.308 e. The van der Waals surface area contributed by atoms with E-state index in [0.29, 0.717) is 0 Å². The molecule has 2 atom stereocenters. The number of fused-ring (bicyclic) bond motifs is 5. The molecule has 3 rings (SSSR count). The van der Waals surface area contributed by atoms with Crippen LogP contribution >= 0.6 is 81.2 Å². The van der Waals surface area contributed by atoms with Crippen LogP contribution in [0.5, 0.6) is 11.5 Å². The van der Waals surface area contributed by atoms with Gasteiger partial charge in [-0.1, -0.05) is 58.0 Å². The quantitative estimate of drug-likeness (QED) is 0.287. The second-order valence-electron chi connectivity index (χ2n) is 5.64. The first-order chi connectivity index (χ1) is 11.8. The number of ether oxygens (including phenoxy) is 2. The van der Waals surface area contributed by atoms with Gasteiger partial charge in [0, 0.05) is 31.0 Å². The van der Waals surface area contributed by atoms with Crippen LogP contribution in [0.3, 0.4) is 0 Å². The third-order valence-electron chi connectivity index (χ3n) is 4.05. The number of halogens is 7. The van der Waals surface area contributed by atoms with Gasteiger partial charge in [-0.25, -0.2) is 0 Å². The molecule has 0 radical (unpaired) electrons. The number of allylic oxidation sites excluding steroid dienone is 2. The highest BCUT2D eigenvalue weighted by molar-refractivity contribution is 6.65. The van der Waals surface area contributed by atoms with E-state index in [1.165, 1.54) is 13.0 Å². The number of carbonyl (C=O) groups excluding carboxylic acids is 2. The highest BCUT2D eigenvalue weighted by Crippen LogP contribution is 2.80. The lowest BCUT2D eigenvalue weighted by Crippen LogP contribution is -2.39. The van der Waals surface area contributed by atoms with Gasteiger partial charge in [-0.15, -0.1) is 23.2 Å². The molecule has 0 amide bonds. The summed E-state index contributed by atoms with van der Waals surface area (Å²) < 4.78 is 8.37. The van der Waals surface area contributed by atoms with Crippen molar-refractivity contribution in [1.82, 2.24) is 0 Å². The number of rotatable bonds is 2. The summed E-state index contributed by atoms with van der Waals surface area (Å²) in [7, 11) is 0. The van der Waals surface area contributed by atoms with E-state index in [2.05, 4.69) is 0 Å². The van der Waals surface area contributed by atoms with Crippen LogP contribution in [0.2, 0.25) is 5.02 Å². The number of carbonyl (C=O) groups is 2. The highest BCUT2D eigenvalue weighted by Gasteiger charge is 2.79. The Kier molecular flexibility index (Phi) is 4.94. The second kappa shape index (κ2) is 6.21. The summed E-state index contributed by atoms with van der Waals surface area (Å²) in [5, 5.41) is -0.386. The van der Waals surface area contributed by atoms with Crippen LogP contribution in [0.4, 0.5) is 0 Å². The number of alkyl halides is 4. The van der Waals surface area contributed by atoms with Gasteiger partial charge in [0.25, 0.3) is 0 Å². The molecule has 0 aliphatic heterocycles. The first-order valence-electron chi connectivity index (χ1n) is 6.87. The van der Waals surface area contributed by atoms with Gasteiger partial charge in [-0.2, -0.15) is 0 Å². The van der Waals surface area contributed by atoms with E-state index in [0.717, 1.165) is 6.92 Å². The summed E-state index contributed by atoms with van der Waals surface area (Å²) in [6, 6.07) is 1.23. The van der Waals surface area contributed by atoms with Gasteiger partial charge >= 0.3 is 11.9 Å². The molecule has 0 spiro atoms. The summed E-state index contributed by atoms with van der Waals surface area (Å²) >= 11 is 45.2. The van der Waals surface area contributed by atoms with Crippen molar-refractivity contribution in [1.29, 1.82) is 0 Å². The molecule has 26 heavy (non-hydrogen) atoms. The van der Waals surface area contributed by atoms with Crippen LogP contribution < -0.4 is 9.47 Å². The molecule has 11 heteroatoms. The van der Waals surface area contributed by atoms with Crippen LogP contribution in [-0.2, 0) is 19.3 Å². The van der Waals surface area contributed by atoms with Crippen molar-refractivity contribution in [3.8, 4) is 11.5 Å². The Labute approximate surface area is 183 Å². The van der Waals surface area contributed by atoms with Gasteiger partial charge in [0.15, 0.2) is 10.1 Å². The fourth-order valence-corrected chi connectivity index (χ4v) is 6.03. The third kappa shape index (κ3) is 2.30. The molecule has 0 heterocycles. The van der Waals surface area contributed by atoms with Gasteiger partial charge in [0.2, 0.25) is 0 Å². The molecule has 1 aromatic rings. The van der Waals surface area contributed by atoms with E-state index >= 15 is 0 Å². The SMILES string of the molecule is CC(=O)Oc1cc(Cl)c(OC(C)=O)c2c1C1(Cl)C(Cl)=C(Cl)C2(Cl)C1(Cl)Cl. The normalized spacial score (nSPS) is 28.2. The van der Waals surface area contributed by atoms with Crippen molar-refractivity contribution in [3.05, 3.63) is 32.3 Å². The lowest BCUT2D eigenvalue weighted by atomic mass is 9.93. The van der Waals surface area contributed by atoms with Gasteiger partial charge in [-0.3, -0.25) is 9.59 Å². The van der Waals surface area contributed by atoms with Crippen molar-refractivity contribution >= 4 is 93.1 Å². The lowest BCUT2D eigenvalue weighted by molar-refractivity contribution is -0.133. The summed E-state index contributed by atoms with van der Waals surface area (Å²) in [5.41, 5.74) is 0.0527. The molecule has 2 aliphatic carbocycles. The minimum absolute atomic E-state index is 0.00696. The average molecular weight is 499 g/mol. The topological polar surface area (TPSA) is 52.6 Å². The standard InChI is InChI=1S/C15H7Cl7O4/c1-4(23)25-7-3-6(16)10(26-5(2)24)9-8(7)13(19)11(17)12(18)14(9,20)15(13,21)22/h3H,1-2H3. The van der Waals surface area contributed by atoms with Crippen LogP contribution in [-0.4, -0.2) is 16.3 Å². The molecule has 0 N–H and O–H groups in total. The maximum atomic E-state index is 11.5. The van der Waals surface area contributed by atoms with E-state index in [1.54, 1.807) is 0 Å². The largest absolute Gasteiger partial charge is 0.426 e. The lowest BCUT2D eigenvalue weighted by Gasteiger charge is -2.31. The molecule has 140 valence electrons. The van der Waals surface area contributed by atoms with Crippen molar-refractivity contribution in [2.75, 3.05) is 0 Å². The Morgan fingerprint density at radius 3 is 1.77 bits per heavy atom. The number of hydrogen-bond donors (Lipinski definition) is 0. The van der Waals surface area contributed by atoms with Crippen molar-refractivity contribution < 1.29 is 19.1 Å². The molecule has 0 saturated heterocycles. The molecule has 2 bridgehead atoms. The van der Waals surface area contributed by atoms with Crippen molar-refractivity contribution in [2.45, 2.75) is 27.9 Å². The Hall–Kier alpha value is -0.0700. The third-order valence-corrected chi connectivity index (χ3v) is 8.41. The molecule has 4 nitrogen and oxygen atoms in total. The zero-order chi connectivity index (χ0) is 19.8. The first-order valence-corrected chi connectivity index (χ1v) is 9.52. The van der Waals surface area contributed by atoms with Crippen LogP contribution in [0, 0.1) is 0 Å². The van der Waals surface area contributed by atoms with Gasteiger partial charge in [0.05, 0.1) is 15.1 Å². The Morgan fingerprint density at radius 2 is 1.31 bits per heavy atom. The predicted molar refractivity (Wildman–Crippen MR) is 102 cm³/mol. The van der Waals surface area contributed by atoms with E-state index in [1.807, 2.05) is 0 Å². The summed E-state index contributed by atoms with van der Waals surface area (Å²) in [6.07, 6.45) is 0. The minimum Gasteiger partial charge on any atom is -0.426 e. The first kappa shape index (κ1) is 20.7. The average Bonchev–Trinajstić information content (AvgIpc) is 2.71. The van der Waals surface area contributed by atoms with E-state index in [9.17, 15) is 9.59 Å². The predicted octanol–water partition coefficient (Wildman–Crippen LogP) is 5.95. The van der Waals surface area contributed by atoms with Crippen LogP contribution in [0.15, 0.2) is 16.1 Å². The monoisotopic (exact) mass is 496 g/mol. The van der Waals surface area contributed by atoms with E-state index < -0.39 is 26.0 Å². The molecular weight excluding hydrogens is 492 g/mol. The zero-order valence-electron chi connectivity index (χ0n) is 12.9. The number of benzene rings is 1. The number of hydrogen-bond acceptors (Lipinski definition) is 4. The van der Waals surface area contributed by atoms with Gasteiger partial charge in [-0.05, 0) is 0 Å². The maximum absolute atomic E-state index is 11.5. The molecule has 0 fully saturated rings. The van der Waals surface area contributed by atoms with Gasteiger partial charge < -0.3 is 9.47 Å². The van der Waals surface area contributed by atoms with Crippen molar-refractivity contribution in [3.63, 3.8) is 0 Å². The molecule has 0 aromatic heterocycles. The minimum atomic E-state index is -2.01. The highest BCUT2D eigenvalue weighted by atomic mass is 35.5. The fourth-order valence-electron chi connectivity index (χ4n) is 3.11. The Bertz CT molecular complexity index is 910. The second-order valence-corrected chi connectivity index (χ2v) is 9.27. The fraction of sp³-hybridized carbons (Fsp3) is 0.333. The Balaban J connectivity index is 2.49. The van der Waals surface area contributed by atoms with E-state index in [-0.39, 0.29) is 37.7 Å². The molecular formula is C15H7Cl7O4. The summed E-state index contributed by atoms with van der Waals surface area (Å²) in [4.78, 5) is 19.3. The van der Waals surface area contributed by atoms with Crippen molar-refractivity contribution in [2.24, 2.45) is 0 Å². The molecule has 1 aromatic carbocycles. The molecule has 0 saturated carbocycles. The summed E-state index contributed by atoms with van der Waals surface area (Å²) in [6.45, 7) is 2.33. The van der Waals surface area contributed by atoms with E-state index in [4.69, 9.17) is 90.7 Å². The number of esters is 2. The van der Waals surface area contributed by atoms with Crippen LogP contribution in [0.25, 0.3) is 0 Å².